The molecule has 2 aromatic rings. The Kier molecular flexibility index (Phi) is 3.42. The predicted molar refractivity (Wildman–Crippen MR) is 86.8 cm³/mol. The minimum atomic E-state index is -4.26. The van der Waals surface area contributed by atoms with Crippen LogP contribution in [0.4, 0.5) is 15.9 Å². The van der Waals surface area contributed by atoms with E-state index in [2.05, 4.69) is 15.3 Å². The van der Waals surface area contributed by atoms with E-state index in [1.807, 2.05) is 0 Å². The molecule has 25 heavy (non-hydrogen) atoms. The number of hydrogen-bond acceptors (Lipinski definition) is 7. The second kappa shape index (κ2) is 5.41. The van der Waals surface area contributed by atoms with E-state index in [4.69, 9.17) is 0 Å². The highest BCUT2D eigenvalue weighted by Crippen LogP contribution is 2.37. The number of nitrogens with zero attached hydrogens (tertiary/aromatic N) is 3. The van der Waals surface area contributed by atoms with Crippen LogP contribution in [0.25, 0.3) is 11.0 Å². The number of benzene rings is 1. The van der Waals surface area contributed by atoms with Crippen LogP contribution in [-0.2, 0) is 15.0 Å². The summed E-state index contributed by atoms with van der Waals surface area (Å²) in [5.74, 6) is -1.58. The van der Waals surface area contributed by atoms with Crippen molar-refractivity contribution >= 4 is 38.7 Å². The zero-order valence-electron chi connectivity index (χ0n) is 12.9. The average Bonchev–Trinajstić information content (AvgIpc) is 3.31. The summed E-state index contributed by atoms with van der Waals surface area (Å²) < 4.78 is 41.0. The average molecular weight is 367 g/mol. The van der Waals surface area contributed by atoms with E-state index in [9.17, 15) is 22.7 Å². The van der Waals surface area contributed by atoms with E-state index in [0.717, 1.165) is 18.9 Å². The van der Waals surface area contributed by atoms with Crippen molar-refractivity contribution in [3.8, 4) is 5.75 Å². The Morgan fingerprint density at radius 3 is 2.84 bits per heavy atom. The molecule has 0 spiro atoms. The highest BCUT2D eigenvalue weighted by atomic mass is 32.2. The molecule has 0 atom stereocenters. The van der Waals surface area contributed by atoms with Crippen molar-refractivity contribution in [1.29, 1.82) is 0 Å². The lowest BCUT2D eigenvalue weighted by atomic mass is 10.2. The van der Waals surface area contributed by atoms with Crippen LogP contribution in [0.15, 0.2) is 12.3 Å². The normalized spacial score (nSPS) is 19.2. The number of amides is 1. The zero-order chi connectivity index (χ0) is 17.8. The lowest BCUT2D eigenvalue weighted by Crippen LogP contribution is -2.30. The maximum Gasteiger partial charge on any atom is 0.326 e. The molecule has 1 aliphatic heterocycles. The Balaban J connectivity index is 1.79. The quantitative estimate of drug-likeness (QED) is 0.718. The van der Waals surface area contributed by atoms with E-state index < -0.39 is 39.9 Å². The molecule has 2 aliphatic rings. The van der Waals surface area contributed by atoms with Gasteiger partial charge < -0.3 is 10.4 Å². The lowest BCUT2D eigenvalue weighted by molar-refractivity contribution is -0.117. The van der Waals surface area contributed by atoms with Gasteiger partial charge in [-0.2, -0.15) is 8.42 Å². The standard InChI is InChI=1S/C14H14FN5O4S/c15-12-13-8(16-5-10(18-13)17-4-7-1-2-7)3-9(21)14(12)20-6-11(22)19-25(20,23)24/h3,5,7,21H,1-2,4,6H2,(H,17,18)(H,19,22). The van der Waals surface area contributed by atoms with Crippen molar-refractivity contribution in [3.05, 3.63) is 18.1 Å². The van der Waals surface area contributed by atoms with Gasteiger partial charge in [0.25, 0.3) is 5.91 Å². The Bertz CT molecular complexity index is 992. The van der Waals surface area contributed by atoms with E-state index in [1.165, 1.54) is 6.20 Å². The molecular formula is C14H14FN5O4S. The first-order valence-electron chi connectivity index (χ1n) is 7.60. The number of halogens is 1. The van der Waals surface area contributed by atoms with Crippen molar-refractivity contribution in [2.45, 2.75) is 12.8 Å². The Morgan fingerprint density at radius 2 is 2.20 bits per heavy atom. The second-order valence-electron chi connectivity index (χ2n) is 6.04. The van der Waals surface area contributed by atoms with Gasteiger partial charge in [0.1, 0.15) is 29.3 Å². The molecule has 1 saturated heterocycles. The van der Waals surface area contributed by atoms with Gasteiger partial charge in [-0.25, -0.2) is 18.4 Å². The minimum Gasteiger partial charge on any atom is -0.506 e. The number of aromatic hydroxyl groups is 1. The summed E-state index contributed by atoms with van der Waals surface area (Å²) in [5.41, 5.74) is -0.741. The molecule has 1 aromatic carbocycles. The number of nitrogens with one attached hydrogen (secondary N) is 2. The first-order chi connectivity index (χ1) is 11.8. The SMILES string of the molecule is O=C1CN(c2c(O)cc3ncc(NCC4CC4)nc3c2F)S(=O)(=O)N1. The van der Waals surface area contributed by atoms with Crippen molar-refractivity contribution in [1.82, 2.24) is 14.7 Å². The molecule has 2 fully saturated rings. The number of anilines is 2. The Hall–Kier alpha value is -2.69. The number of carbonyl (C=O) groups excluding carboxylic acids is 1. The highest BCUT2D eigenvalue weighted by molar-refractivity contribution is 7.92. The molecular weight excluding hydrogens is 353 g/mol. The van der Waals surface area contributed by atoms with Gasteiger partial charge >= 0.3 is 10.2 Å². The lowest BCUT2D eigenvalue weighted by Gasteiger charge is -2.17. The Morgan fingerprint density at radius 1 is 1.44 bits per heavy atom. The molecule has 3 N–H and O–H groups in total. The molecule has 132 valence electrons. The third-order valence-corrected chi connectivity index (χ3v) is 5.45. The molecule has 2 heterocycles. The largest absolute Gasteiger partial charge is 0.506 e. The Labute approximate surface area is 142 Å². The summed E-state index contributed by atoms with van der Waals surface area (Å²) in [7, 11) is -4.26. The van der Waals surface area contributed by atoms with Gasteiger partial charge in [-0.3, -0.25) is 9.78 Å². The number of phenols is 1. The van der Waals surface area contributed by atoms with Gasteiger partial charge in [-0.05, 0) is 18.8 Å². The van der Waals surface area contributed by atoms with Crippen molar-refractivity contribution in [2.75, 3.05) is 22.7 Å². The van der Waals surface area contributed by atoms with E-state index >= 15 is 0 Å². The molecule has 0 unspecified atom stereocenters. The molecule has 1 saturated carbocycles. The van der Waals surface area contributed by atoms with Crippen LogP contribution in [0.2, 0.25) is 0 Å². The first-order valence-corrected chi connectivity index (χ1v) is 9.04. The molecule has 0 bridgehead atoms. The molecule has 1 aromatic heterocycles. The maximum atomic E-state index is 14.9. The van der Waals surface area contributed by atoms with Gasteiger partial charge in [-0.1, -0.05) is 0 Å². The minimum absolute atomic E-state index is 0.0756. The third kappa shape index (κ3) is 2.80. The van der Waals surface area contributed by atoms with E-state index in [-0.39, 0.29) is 11.0 Å². The highest BCUT2D eigenvalue weighted by Gasteiger charge is 2.38. The number of carbonyl (C=O) groups is 1. The fourth-order valence-electron chi connectivity index (χ4n) is 2.63. The van der Waals surface area contributed by atoms with Crippen molar-refractivity contribution < 1.29 is 22.7 Å². The van der Waals surface area contributed by atoms with E-state index in [1.54, 1.807) is 4.72 Å². The van der Waals surface area contributed by atoms with Gasteiger partial charge in [-0.15, -0.1) is 0 Å². The molecule has 9 nitrogen and oxygen atoms in total. The summed E-state index contributed by atoms with van der Waals surface area (Å²) in [4.78, 5) is 19.5. The number of phenolic OH excluding ortho intramolecular Hbond substituents is 1. The molecule has 4 rings (SSSR count). The van der Waals surface area contributed by atoms with Crippen LogP contribution in [0.1, 0.15) is 12.8 Å². The third-order valence-electron chi connectivity index (χ3n) is 4.07. The first kappa shape index (κ1) is 15.8. The fraction of sp³-hybridized carbons (Fsp3) is 0.357. The topological polar surface area (TPSA) is 125 Å². The zero-order valence-corrected chi connectivity index (χ0v) is 13.7. The van der Waals surface area contributed by atoms with Gasteiger partial charge in [0.2, 0.25) is 0 Å². The summed E-state index contributed by atoms with van der Waals surface area (Å²) in [6.45, 7) is 0.0804. The number of rotatable bonds is 4. The van der Waals surface area contributed by atoms with E-state index in [0.29, 0.717) is 22.6 Å². The van der Waals surface area contributed by atoms with Gasteiger partial charge in [0.15, 0.2) is 5.82 Å². The molecule has 0 radical (unpaired) electrons. The van der Waals surface area contributed by atoms with Gasteiger partial charge in [0.05, 0.1) is 11.7 Å². The maximum absolute atomic E-state index is 14.9. The number of aromatic nitrogens is 2. The summed E-state index contributed by atoms with van der Waals surface area (Å²) >= 11 is 0. The van der Waals surface area contributed by atoms with Gasteiger partial charge in [0, 0.05) is 12.6 Å². The summed E-state index contributed by atoms with van der Waals surface area (Å²) in [5, 5.41) is 13.1. The number of fused-ring (bicyclic) bond motifs is 1. The van der Waals surface area contributed by atoms with Crippen LogP contribution >= 0.6 is 0 Å². The fourth-order valence-corrected chi connectivity index (χ4v) is 3.79. The monoisotopic (exact) mass is 367 g/mol. The van der Waals surface area contributed by atoms with Crippen LogP contribution in [0, 0.1) is 11.7 Å². The molecule has 1 aliphatic carbocycles. The number of hydrogen-bond donors (Lipinski definition) is 3. The molecule has 11 heteroatoms. The predicted octanol–water partition coefficient (Wildman–Crippen LogP) is 0.477. The summed E-state index contributed by atoms with van der Waals surface area (Å²) in [6, 6.07) is 1.11. The van der Waals surface area contributed by atoms with Crippen molar-refractivity contribution in [2.24, 2.45) is 5.92 Å². The van der Waals surface area contributed by atoms with Crippen LogP contribution in [0.5, 0.6) is 5.75 Å². The van der Waals surface area contributed by atoms with Crippen LogP contribution in [-0.4, -0.2) is 42.5 Å². The molecule has 1 amide bonds. The van der Waals surface area contributed by atoms with Crippen molar-refractivity contribution in [3.63, 3.8) is 0 Å². The second-order valence-corrected chi connectivity index (χ2v) is 7.64. The smallest absolute Gasteiger partial charge is 0.326 e. The van der Waals surface area contributed by atoms with Crippen LogP contribution in [0.3, 0.4) is 0 Å². The summed E-state index contributed by atoms with van der Waals surface area (Å²) in [6.07, 6.45) is 3.68. The van der Waals surface area contributed by atoms with Crippen LogP contribution < -0.4 is 14.3 Å².